The molecular formula is C14H18Cl2N4. The molecule has 4 nitrogen and oxygen atoms in total. The van der Waals surface area contributed by atoms with Gasteiger partial charge in [0.05, 0.1) is 23.0 Å². The van der Waals surface area contributed by atoms with Gasteiger partial charge in [0.2, 0.25) is 0 Å². The number of hydrazine groups is 1. The highest BCUT2D eigenvalue weighted by Crippen LogP contribution is 2.33. The fraction of sp³-hybridized carbons (Fsp3) is 0.357. The van der Waals surface area contributed by atoms with Gasteiger partial charge in [-0.05, 0) is 38.0 Å². The standard InChI is InChI=1S/C14H18Cl2N4/c1-8(2)20-14(12(16)7-18-20)13(19-17)10-5-4-9(3)6-11(10)15/h4-8,13,19H,17H2,1-3H3. The Morgan fingerprint density at radius 2 is 1.95 bits per heavy atom. The lowest BCUT2D eigenvalue weighted by Gasteiger charge is -2.21. The van der Waals surface area contributed by atoms with Crippen LogP contribution in [-0.4, -0.2) is 9.78 Å². The van der Waals surface area contributed by atoms with Crippen molar-refractivity contribution in [1.82, 2.24) is 15.2 Å². The Hall–Kier alpha value is -1.07. The number of hydrogen-bond acceptors (Lipinski definition) is 3. The van der Waals surface area contributed by atoms with Crippen LogP contribution in [0.4, 0.5) is 0 Å². The van der Waals surface area contributed by atoms with E-state index in [0.29, 0.717) is 10.0 Å². The van der Waals surface area contributed by atoms with Crippen molar-refractivity contribution in [3.63, 3.8) is 0 Å². The number of nitrogens with one attached hydrogen (secondary N) is 1. The second-order valence-corrected chi connectivity index (χ2v) is 5.86. The lowest BCUT2D eigenvalue weighted by atomic mass is 10.0. The summed E-state index contributed by atoms with van der Waals surface area (Å²) in [7, 11) is 0. The zero-order chi connectivity index (χ0) is 14.9. The molecule has 2 aromatic rings. The summed E-state index contributed by atoms with van der Waals surface area (Å²) in [6.07, 6.45) is 1.63. The maximum absolute atomic E-state index is 6.34. The Bertz CT molecular complexity index is 607. The van der Waals surface area contributed by atoms with Gasteiger partial charge in [0, 0.05) is 11.1 Å². The van der Waals surface area contributed by atoms with Gasteiger partial charge in [-0.1, -0.05) is 35.3 Å². The highest BCUT2D eigenvalue weighted by atomic mass is 35.5. The smallest absolute Gasteiger partial charge is 0.0907 e. The minimum absolute atomic E-state index is 0.178. The van der Waals surface area contributed by atoms with Gasteiger partial charge in [0.25, 0.3) is 0 Å². The van der Waals surface area contributed by atoms with Crippen molar-refractivity contribution < 1.29 is 0 Å². The van der Waals surface area contributed by atoms with Gasteiger partial charge in [0.15, 0.2) is 0 Å². The average molecular weight is 313 g/mol. The molecule has 0 aliphatic carbocycles. The van der Waals surface area contributed by atoms with Gasteiger partial charge < -0.3 is 0 Å². The van der Waals surface area contributed by atoms with Crippen LogP contribution in [0.5, 0.6) is 0 Å². The second kappa shape index (κ2) is 6.14. The molecule has 2 rings (SSSR count). The molecular weight excluding hydrogens is 295 g/mol. The quantitative estimate of drug-likeness (QED) is 0.669. The van der Waals surface area contributed by atoms with E-state index in [-0.39, 0.29) is 12.1 Å². The second-order valence-electron chi connectivity index (χ2n) is 5.04. The van der Waals surface area contributed by atoms with Gasteiger partial charge in [-0.25, -0.2) is 5.43 Å². The van der Waals surface area contributed by atoms with Crippen LogP contribution in [0.25, 0.3) is 0 Å². The molecule has 0 saturated heterocycles. The number of hydrogen-bond donors (Lipinski definition) is 2. The van der Waals surface area contributed by atoms with Crippen molar-refractivity contribution in [2.24, 2.45) is 5.84 Å². The maximum Gasteiger partial charge on any atom is 0.0907 e. The van der Waals surface area contributed by atoms with Crippen molar-refractivity contribution >= 4 is 23.2 Å². The third-order valence-corrected chi connectivity index (χ3v) is 3.80. The lowest BCUT2D eigenvalue weighted by molar-refractivity contribution is 0.476. The van der Waals surface area contributed by atoms with Crippen molar-refractivity contribution in [2.75, 3.05) is 0 Å². The maximum atomic E-state index is 6.34. The van der Waals surface area contributed by atoms with Crippen LogP contribution in [0.3, 0.4) is 0 Å². The van der Waals surface area contributed by atoms with E-state index in [1.54, 1.807) is 6.20 Å². The van der Waals surface area contributed by atoms with Crippen LogP contribution in [0.15, 0.2) is 24.4 Å². The summed E-state index contributed by atoms with van der Waals surface area (Å²) in [6.45, 7) is 6.07. The molecule has 108 valence electrons. The molecule has 1 aromatic carbocycles. The molecule has 0 aliphatic heterocycles. The van der Waals surface area contributed by atoms with E-state index in [9.17, 15) is 0 Å². The Balaban J connectivity index is 2.55. The highest BCUT2D eigenvalue weighted by molar-refractivity contribution is 6.32. The van der Waals surface area contributed by atoms with Crippen molar-refractivity contribution in [2.45, 2.75) is 32.9 Å². The number of aryl methyl sites for hydroxylation is 1. The molecule has 1 unspecified atom stereocenters. The van der Waals surface area contributed by atoms with E-state index >= 15 is 0 Å². The van der Waals surface area contributed by atoms with Crippen LogP contribution < -0.4 is 11.3 Å². The van der Waals surface area contributed by atoms with E-state index in [2.05, 4.69) is 10.5 Å². The summed E-state index contributed by atoms with van der Waals surface area (Å²) >= 11 is 12.6. The van der Waals surface area contributed by atoms with E-state index in [1.165, 1.54) is 0 Å². The molecule has 0 radical (unpaired) electrons. The number of halogens is 2. The predicted octanol–water partition coefficient (Wildman–Crippen LogP) is 3.63. The van der Waals surface area contributed by atoms with Crippen molar-refractivity contribution in [1.29, 1.82) is 0 Å². The van der Waals surface area contributed by atoms with E-state index < -0.39 is 0 Å². The minimum Gasteiger partial charge on any atom is -0.271 e. The zero-order valence-corrected chi connectivity index (χ0v) is 13.2. The Morgan fingerprint density at radius 3 is 2.50 bits per heavy atom. The van der Waals surface area contributed by atoms with Gasteiger partial charge >= 0.3 is 0 Å². The molecule has 0 spiro atoms. The lowest BCUT2D eigenvalue weighted by Crippen LogP contribution is -2.31. The van der Waals surface area contributed by atoms with Crippen LogP contribution in [0.2, 0.25) is 10.0 Å². The first-order chi connectivity index (χ1) is 9.45. The first kappa shape index (κ1) is 15.3. The van der Waals surface area contributed by atoms with Crippen LogP contribution in [0, 0.1) is 6.92 Å². The summed E-state index contributed by atoms with van der Waals surface area (Å²) in [6, 6.07) is 5.73. The summed E-state index contributed by atoms with van der Waals surface area (Å²) < 4.78 is 1.85. The molecule has 1 heterocycles. The minimum atomic E-state index is -0.305. The first-order valence-electron chi connectivity index (χ1n) is 6.40. The molecule has 0 bridgehead atoms. The molecule has 3 N–H and O–H groups in total. The molecule has 1 atom stereocenters. The average Bonchev–Trinajstić information content (AvgIpc) is 2.75. The predicted molar refractivity (Wildman–Crippen MR) is 83.0 cm³/mol. The van der Waals surface area contributed by atoms with Crippen molar-refractivity contribution in [3.05, 3.63) is 51.3 Å². The van der Waals surface area contributed by atoms with Gasteiger partial charge in [0.1, 0.15) is 0 Å². The summed E-state index contributed by atoms with van der Waals surface area (Å²) in [4.78, 5) is 0. The first-order valence-corrected chi connectivity index (χ1v) is 7.16. The number of rotatable bonds is 4. The number of nitrogens with zero attached hydrogens (tertiary/aromatic N) is 2. The topological polar surface area (TPSA) is 55.9 Å². The Morgan fingerprint density at radius 1 is 1.25 bits per heavy atom. The SMILES string of the molecule is Cc1ccc(C(NN)c2c(Cl)cnn2C(C)C)c(Cl)c1. The number of aromatic nitrogens is 2. The molecule has 0 fully saturated rings. The molecule has 0 saturated carbocycles. The summed E-state index contributed by atoms with van der Waals surface area (Å²) in [5.74, 6) is 5.73. The third-order valence-electron chi connectivity index (χ3n) is 3.18. The highest BCUT2D eigenvalue weighted by Gasteiger charge is 2.24. The number of benzene rings is 1. The van der Waals surface area contributed by atoms with Crippen LogP contribution >= 0.6 is 23.2 Å². The third kappa shape index (κ3) is 2.83. The Labute approximate surface area is 128 Å². The van der Waals surface area contributed by atoms with Gasteiger partial charge in [-0.2, -0.15) is 5.10 Å². The monoisotopic (exact) mass is 312 g/mol. The zero-order valence-electron chi connectivity index (χ0n) is 11.7. The van der Waals surface area contributed by atoms with Crippen LogP contribution in [-0.2, 0) is 0 Å². The van der Waals surface area contributed by atoms with Crippen molar-refractivity contribution in [3.8, 4) is 0 Å². The molecule has 6 heteroatoms. The molecule has 20 heavy (non-hydrogen) atoms. The molecule has 0 amide bonds. The Kier molecular flexibility index (Phi) is 4.70. The normalized spacial score (nSPS) is 12.9. The fourth-order valence-corrected chi connectivity index (χ4v) is 2.80. The molecule has 1 aromatic heterocycles. The fourth-order valence-electron chi connectivity index (χ4n) is 2.21. The van der Waals surface area contributed by atoms with Gasteiger partial charge in [-0.3, -0.25) is 10.5 Å². The van der Waals surface area contributed by atoms with E-state index in [4.69, 9.17) is 29.0 Å². The summed E-state index contributed by atoms with van der Waals surface area (Å²) in [5, 5.41) is 5.52. The molecule has 0 aliphatic rings. The van der Waals surface area contributed by atoms with Gasteiger partial charge in [-0.15, -0.1) is 0 Å². The van der Waals surface area contributed by atoms with E-state index in [0.717, 1.165) is 16.8 Å². The van der Waals surface area contributed by atoms with Crippen LogP contribution in [0.1, 0.15) is 42.8 Å². The largest absolute Gasteiger partial charge is 0.271 e. The number of nitrogens with two attached hydrogens (primary N) is 1. The summed E-state index contributed by atoms with van der Waals surface area (Å²) in [5.41, 5.74) is 5.58. The van der Waals surface area contributed by atoms with E-state index in [1.807, 2.05) is 43.7 Å².